The third kappa shape index (κ3) is 2.39. The number of para-hydroxylation sites is 1. The third-order valence-electron chi connectivity index (χ3n) is 2.72. The van der Waals surface area contributed by atoms with E-state index in [-0.39, 0.29) is 0 Å². The lowest BCUT2D eigenvalue weighted by Gasteiger charge is -2.11. The molecule has 3 nitrogen and oxygen atoms in total. The Kier molecular flexibility index (Phi) is 3.69. The van der Waals surface area contributed by atoms with E-state index < -0.39 is 0 Å². The maximum absolute atomic E-state index is 8.76. The van der Waals surface area contributed by atoms with E-state index in [2.05, 4.69) is 25.0 Å². The minimum Gasteiger partial charge on any atom is -0.236 e. The van der Waals surface area contributed by atoms with Gasteiger partial charge in [0, 0.05) is 5.69 Å². The molecule has 1 aromatic carbocycles. The molecule has 0 amide bonds. The Morgan fingerprint density at radius 1 is 1.39 bits per heavy atom. The Labute approximate surface area is 112 Å². The number of nitriles is 1. The maximum Gasteiger partial charge on any atom is 0.0835 e. The van der Waals surface area contributed by atoms with Gasteiger partial charge in [0.25, 0.3) is 0 Å². The van der Waals surface area contributed by atoms with Crippen LogP contribution in [0.3, 0.4) is 0 Å². The molecular weight excluding hydrogens is 246 g/mol. The van der Waals surface area contributed by atoms with Gasteiger partial charge in [-0.2, -0.15) is 10.4 Å². The normalized spacial score (nSPS) is 10.6. The molecule has 4 heteroatoms. The number of hydrogen-bond acceptors (Lipinski definition) is 2. The van der Waals surface area contributed by atoms with Crippen molar-refractivity contribution < 1.29 is 0 Å². The molecule has 0 radical (unpaired) electrons. The van der Waals surface area contributed by atoms with Gasteiger partial charge in [0.1, 0.15) is 0 Å². The molecule has 1 heterocycles. The molecule has 2 rings (SSSR count). The van der Waals surface area contributed by atoms with Gasteiger partial charge in [-0.3, -0.25) is 0 Å². The van der Waals surface area contributed by atoms with Gasteiger partial charge in [-0.25, -0.2) is 4.68 Å². The monoisotopic (exact) mass is 259 g/mol. The Morgan fingerprint density at radius 3 is 2.72 bits per heavy atom. The maximum atomic E-state index is 8.76. The van der Waals surface area contributed by atoms with Crippen LogP contribution in [0.4, 0.5) is 0 Å². The molecule has 0 saturated heterocycles. The molecule has 92 valence electrons. The molecule has 0 aliphatic rings. The highest BCUT2D eigenvalue weighted by Gasteiger charge is 2.14. The van der Waals surface area contributed by atoms with E-state index in [9.17, 15) is 0 Å². The van der Waals surface area contributed by atoms with Crippen molar-refractivity contribution in [1.82, 2.24) is 9.78 Å². The van der Waals surface area contributed by atoms with Crippen molar-refractivity contribution in [3.63, 3.8) is 0 Å². The summed E-state index contributed by atoms with van der Waals surface area (Å²) < 4.78 is 1.83. The lowest BCUT2D eigenvalue weighted by molar-refractivity contribution is 0.730. The highest BCUT2D eigenvalue weighted by Crippen LogP contribution is 2.25. The summed E-state index contributed by atoms with van der Waals surface area (Å²) in [5, 5.41) is 13.9. The summed E-state index contributed by atoms with van der Waals surface area (Å²) in [7, 11) is 0. The molecule has 0 N–H and O–H groups in total. The Bertz CT molecular complexity index is 593. The highest BCUT2D eigenvalue weighted by molar-refractivity contribution is 6.32. The zero-order valence-electron chi connectivity index (χ0n) is 10.4. The first-order chi connectivity index (χ1) is 8.63. The molecule has 1 aromatic heterocycles. The summed E-state index contributed by atoms with van der Waals surface area (Å²) in [6, 6.07) is 11.7. The van der Waals surface area contributed by atoms with E-state index in [0.717, 1.165) is 17.1 Å². The largest absolute Gasteiger partial charge is 0.236 e. The van der Waals surface area contributed by atoms with E-state index in [0.29, 0.717) is 17.4 Å². The van der Waals surface area contributed by atoms with Crippen LogP contribution < -0.4 is 0 Å². The Balaban J connectivity index is 2.56. The predicted octanol–water partition coefficient (Wildman–Crippen LogP) is 3.72. The fourth-order valence-corrected chi connectivity index (χ4v) is 2.06. The average molecular weight is 260 g/mol. The van der Waals surface area contributed by atoms with Crippen LogP contribution in [0, 0.1) is 11.3 Å². The van der Waals surface area contributed by atoms with E-state index >= 15 is 0 Å². The second kappa shape index (κ2) is 5.24. The summed E-state index contributed by atoms with van der Waals surface area (Å²) >= 11 is 6.20. The van der Waals surface area contributed by atoms with Crippen molar-refractivity contribution in [1.29, 1.82) is 5.26 Å². The van der Waals surface area contributed by atoms with Gasteiger partial charge < -0.3 is 0 Å². The second-order valence-corrected chi connectivity index (χ2v) is 4.82. The number of benzene rings is 1. The highest BCUT2D eigenvalue weighted by atomic mass is 35.5. The first-order valence-electron chi connectivity index (χ1n) is 5.84. The molecule has 18 heavy (non-hydrogen) atoms. The minimum absolute atomic E-state index is 0.317. The zero-order chi connectivity index (χ0) is 13.1. The van der Waals surface area contributed by atoms with Crippen molar-refractivity contribution in [2.75, 3.05) is 0 Å². The van der Waals surface area contributed by atoms with Crippen molar-refractivity contribution in [2.24, 2.45) is 0 Å². The van der Waals surface area contributed by atoms with Crippen LogP contribution in [0.5, 0.6) is 0 Å². The Morgan fingerprint density at radius 2 is 2.11 bits per heavy atom. The summed E-state index contributed by atoms with van der Waals surface area (Å²) in [4.78, 5) is 0. The van der Waals surface area contributed by atoms with E-state index in [1.807, 2.05) is 35.0 Å². The zero-order valence-corrected chi connectivity index (χ0v) is 11.1. The first kappa shape index (κ1) is 12.7. The Hall–Kier alpha value is -1.79. The number of aromatic nitrogens is 2. The number of hydrogen-bond donors (Lipinski definition) is 0. The lowest BCUT2D eigenvalue weighted by atomic mass is 10.1. The van der Waals surface area contributed by atoms with E-state index in [1.54, 1.807) is 0 Å². The van der Waals surface area contributed by atoms with Gasteiger partial charge in [0.15, 0.2) is 0 Å². The fourth-order valence-electron chi connectivity index (χ4n) is 1.84. The van der Waals surface area contributed by atoms with Crippen LogP contribution >= 0.6 is 11.6 Å². The van der Waals surface area contributed by atoms with Crippen LogP contribution in [-0.2, 0) is 6.42 Å². The van der Waals surface area contributed by atoms with Crippen LogP contribution in [0.15, 0.2) is 30.3 Å². The van der Waals surface area contributed by atoms with Crippen molar-refractivity contribution in [3.8, 4) is 11.8 Å². The molecule has 0 spiro atoms. The van der Waals surface area contributed by atoms with Gasteiger partial charge in [0.2, 0.25) is 0 Å². The smallest absolute Gasteiger partial charge is 0.0835 e. The SMILES string of the molecule is CC(C)c1cc(CC#N)nn1-c1ccccc1Cl. The van der Waals surface area contributed by atoms with E-state index in [4.69, 9.17) is 16.9 Å². The summed E-state index contributed by atoms with van der Waals surface area (Å²) in [6.07, 6.45) is 0.317. The summed E-state index contributed by atoms with van der Waals surface area (Å²) in [5.41, 5.74) is 2.70. The molecule has 0 saturated carbocycles. The predicted molar refractivity (Wildman–Crippen MR) is 72.0 cm³/mol. The molecule has 0 fully saturated rings. The van der Waals surface area contributed by atoms with Crippen molar-refractivity contribution >= 4 is 11.6 Å². The standard InChI is InChI=1S/C14H14ClN3/c1-10(2)14-9-11(7-8-16)17-18(14)13-6-4-3-5-12(13)15/h3-6,9-10H,7H2,1-2H3. The van der Waals surface area contributed by atoms with Crippen molar-refractivity contribution in [3.05, 3.63) is 46.7 Å². The molecule has 0 aliphatic carbocycles. The molecule has 2 aromatic rings. The van der Waals surface area contributed by atoms with Gasteiger partial charge in [-0.15, -0.1) is 0 Å². The first-order valence-corrected chi connectivity index (χ1v) is 6.22. The molecule has 0 atom stereocenters. The summed E-state index contributed by atoms with van der Waals surface area (Å²) in [5.74, 6) is 0.321. The number of nitrogens with zero attached hydrogens (tertiary/aromatic N) is 3. The minimum atomic E-state index is 0.317. The third-order valence-corrected chi connectivity index (χ3v) is 3.04. The quantitative estimate of drug-likeness (QED) is 0.843. The second-order valence-electron chi connectivity index (χ2n) is 4.41. The molecular formula is C14H14ClN3. The lowest BCUT2D eigenvalue weighted by Crippen LogP contribution is -2.04. The average Bonchev–Trinajstić information content (AvgIpc) is 2.74. The van der Waals surface area contributed by atoms with Gasteiger partial charge >= 0.3 is 0 Å². The molecule has 0 aliphatic heterocycles. The van der Waals surface area contributed by atoms with Gasteiger partial charge in [-0.05, 0) is 24.1 Å². The van der Waals surface area contributed by atoms with Crippen LogP contribution in [0.1, 0.15) is 31.2 Å². The molecule has 0 bridgehead atoms. The van der Waals surface area contributed by atoms with Crippen molar-refractivity contribution in [2.45, 2.75) is 26.2 Å². The molecule has 0 unspecified atom stereocenters. The van der Waals surface area contributed by atoms with Gasteiger partial charge in [0.05, 0.1) is 28.9 Å². The van der Waals surface area contributed by atoms with E-state index in [1.165, 1.54) is 0 Å². The van der Waals surface area contributed by atoms with Crippen LogP contribution in [-0.4, -0.2) is 9.78 Å². The summed E-state index contributed by atoms with van der Waals surface area (Å²) in [6.45, 7) is 4.20. The topological polar surface area (TPSA) is 41.6 Å². The van der Waals surface area contributed by atoms with Crippen LogP contribution in [0.2, 0.25) is 5.02 Å². The fraction of sp³-hybridized carbons (Fsp3) is 0.286. The van der Waals surface area contributed by atoms with Gasteiger partial charge in [-0.1, -0.05) is 37.6 Å². The number of rotatable bonds is 3. The number of halogens is 1. The van der Waals surface area contributed by atoms with Crippen LogP contribution in [0.25, 0.3) is 5.69 Å².